The Bertz CT molecular complexity index is 1630. The molecule has 0 N–H and O–H groups in total. The van der Waals surface area contributed by atoms with Crippen molar-refractivity contribution < 1.29 is 0 Å². The van der Waals surface area contributed by atoms with Crippen molar-refractivity contribution in [3.63, 3.8) is 0 Å². The van der Waals surface area contributed by atoms with Crippen LogP contribution in [0.2, 0.25) is 5.28 Å². The first-order chi connectivity index (χ1) is 16.3. The average Bonchev–Trinajstić information content (AvgIpc) is 2.88. The van der Waals surface area contributed by atoms with E-state index >= 15 is 0 Å². The molecule has 0 radical (unpaired) electrons. The Labute approximate surface area is 196 Å². The number of hydrogen-bond donors (Lipinski definition) is 0. The molecule has 3 nitrogen and oxygen atoms in total. The van der Waals surface area contributed by atoms with E-state index in [0.717, 1.165) is 22.3 Å². The van der Waals surface area contributed by atoms with Crippen molar-refractivity contribution in [1.29, 1.82) is 0 Å². The molecule has 0 aliphatic carbocycles. The molecule has 0 amide bonds. The fraction of sp³-hybridized carbons (Fsp3) is 0. The van der Waals surface area contributed by atoms with Gasteiger partial charge in [-0.15, -0.1) is 0 Å². The van der Waals surface area contributed by atoms with E-state index in [4.69, 9.17) is 16.6 Å². The van der Waals surface area contributed by atoms with Crippen LogP contribution in [0.4, 0.5) is 0 Å². The summed E-state index contributed by atoms with van der Waals surface area (Å²) in [7, 11) is 0. The summed E-state index contributed by atoms with van der Waals surface area (Å²) in [4.78, 5) is 13.7. The van der Waals surface area contributed by atoms with Crippen LogP contribution in [0, 0.1) is 0 Å². The summed E-state index contributed by atoms with van der Waals surface area (Å²) >= 11 is 6.36. The largest absolute Gasteiger partial charge is 0.226 e. The van der Waals surface area contributed by atoms with Gasteiger partial charge in [0.15, 0.2) is 11.6 Å². The molecule has 0 fully saturated rings. The van der Waals surface area contributed by atoms with Crippen molar-refractivity contribution in [3.8, 4) is 33.9 Å². The van der Waals surface area contributed by atoms with E-state index in [2.05, 4.69) is 70.6 Å². The maximum Gasteiger partial charge on any atom is 0.226 e. The summed E-state index contributed by atoms with van der Waals surface area (Å²) in [6.45, 7) is 0. The van der Waals surface area contributed by atoms with Gasteiger partial charge in [-0.3, -0.25) is 0 Å². The fourth-order valence-electron chi connectivity index (χ4n) is 4.38. The van der Waals surface area contributed by atoms with Gasteiger partial charge in [0.25, 0.3) is 0 Å². The third-order valence-corrected chi connectivity index (χ3v) is 6.04. The van der Waals surface area contributed by atoms with Crippen molar-refractivity contribution in [2.75, 3.05) is 0 Å². The number of benzene rings is 5. The zero-order valence-corrected chi connectivity index (χ0v) is 18.4. The van der Waals surface area contributed by atoms with E-state index in [-0.39, 0.29) is 5.28 Å². The first kappa shape index (κ1) is 19.6. The van der Waals surface area contributed by atoms with Gasteiger partial charge in [0, 0.05) is 11.1 Å². The van der Waals surface area contributed by atoms with Gasteiger partial charge in [-0.2, -0.15) is 9.97 Å². The Balaban J connectivity index is 1.62. The third-order valence-electron chi connectivity index (χ3n) is 5.87. The zero-order chi connectivity index (χ0) is 22.2. The summed E-state index contributed by atoms with van der Waals surface area (Å²) in [5, 5.41) is 5.02. The second-order valence-electron chi connectivity index (χ2n) is 7.85. The van der Waals surface area contributed by atoms with Gasteiger partial charge in [-0.25, -0.2) is 4.98 Å². The predicted octanol–water partition coefficient (Wildman–Crippen LogP) is 7.83. The maximum absolute atomic E-state index is 6.36. The fourth-order valence-corrected chi connectivity index (χ4v) is 4.54. The van der Waals surface area contributed by atoms with Gasteiger partial charge in [-0.1, -0.05) is 103 Å². The SMILES string of the molecule is Clc1nc(-c2ccccc2)nc(-c2ccccc2-c2cc3ccccc3c3ccccc23)n1. The highest BCUT2D eigenvalue weighted by atomic mass is 35.5. The number of hydrogen-bond acceptors (Lipinski definition) is 3. The Kier molecular flexibility index (Phi) is 4.82. The molecule has 1 aromatic heterocycles. The molecule has 33 heavy (non-hydrogen) atoms. The lowest BCUT2D eigenvalue weighted by Gasteiger charge is -2.14. The van der Waals surface area contributed by atoms with Crippen LogP contribution in [-0.2, 0) is 0 Å². The van der Waals surface area contributed by atoms with Crippen LogP contribution in [0.25, 0.3) is 55.4 Å². The zero-order valence-electron chi connectivity index (χ0n) is 17.6. The van der Waals surface area contributed by atoms with Gasteiger partial charge >= 0.3 is 0 Å². The topological polar surface area (TPSA) is 38.7 Å². The predicted molar refractivity (Wildman–Crippen MR) is 136 cm³/mol. The Morgan fingerprint density at radius 1 is 0.455 bits per heavy atom. The minimum atomic E-state index is 0.178. The second kappa shape index (κ2) is 8.12. The molecule has 4 heteroatoms. The van der Waals surface area contributed by atoms with Gasteiger partial charge < -0.3 is 0 Å². The summed E-state index contributed by atoms with van der Waals surface area (Å²) in [5.41, 5.74) is 4.01. The van der Waals surface area contributed by atoms with Crippen LogP contribution in [-0.4, -0.2) is 15.0 Å². The van der Waals surface area contributed by atoms with Crippen LogP contribution in [0.3, 0.4) is 0 Å². The summed E-state index contributed by atoms with van der Waals surface area (Å²) < 4.78 is 0. The quantitative estimate of drug-likeness (QED) is 0.261. The summed E-state index contributed by atoms with van der Waals surface area (Å²) in [5.74, 6) is 1.12. The van der Waals surface area contributed by atoms with Crippen molar-refractivity contribution in [3.05, 3.63) is 114 Å². The van der Waals surface area contributed by atoms with Crippen molar-refractivity contribution in [1.82, 2.24) is 15.0 Å². The van der Waals surface area contributed by atoms with Crippen LogP contribution >= 0.6 is 11.6 Å². The number of halogens is 1. The molecular formula is C29H18ClN3. The van der Waals surface area contributed by atoms with Crippen LogP contribution in [0.1, 0.15) is 0 Å². The lowest BCUT2D eigenvalue weighted by molar-refractivity contribution is 1.07. The highest BCUT2D eigenvalue weighted by molar-refractivity contribution is 6.28. The third kappa shape index (κ3) is 3.53. The molecule has 0 saturated heterocycles. The minimum Gasteiger partial charge on any atom is -0.208 e. The van der Waals surface area contributed by atoms with Crippen LogP contribution in [0.5, 0.6) is 0 Å². The first-order valence-corrected chi connectivity index (χ1v) is 11.1. The number of nitrogens with zero attached hydrogens (tertiary/aromatic N) is 3. The smallest absolute Gasteiger partial charge is 0.208 e. The number of fused-ring (bicyclic) bond motifs is 3. The van der Waals surface area contributed by atoms with E-state index in [9.17, 15) is 0 Å². The lowest BCUT2D eigenvalue weighted by atomic mass is 9.91. The molecule has 1 heterocycles. The Morgan fingerprint density at radius 3 is 1.88 bits per heavy atom. The van der Waals surface area contributed by atoms with Crippen molar-refractivity contribution in [2.45, 2.75) is 0 Å². The molecule has 0 unspecified atom stereocenters. The molecule has 0 atom stereocenters. The first-order valence-electron chi connectivity index (χ1n) is 10.8. The van der Waals surface area contributed by atoms with Crippen LogP contribution in [0.15, 0.2) is 109 Å². The molecule has 0 aliphatic rings. The van der Waals surface area contributed by atoms with Crippen molar-refractivity contribution in [2.24, 2.45) is 0 Å². The normalized spacial score (nSPS) is 11.2. The molecule has 6 aromatic rings. The molecule has 0 spiro atoms. The van der Waals surface area contributed by atoms with E-state index in [1.807, 2.05) is 48.5 Å². The molecule has 0 aliphatic heterocycles. The van der Waals surface area contributed by atoms with E-state index in [1.165, 1.54) is 21.5 Å². The summed E-state index contributed by atoms with van der Waals surface area (Å²) in [6, 6.07) is 37.3. The summed E-state index contributed by atoms with van der Waals surface area (Å²) in [6.07, 6.45) is 0. The lowest BCUT2D eigenvalue weighted by Crippen LogP contribution is -1.98. The number of aromatic nitrogens is 3. The molecule has 5 aromatic carbocycles. The Morgan fingerprint density at radius 2 is 1.06 bits per heavy atom. The maximum atomic E-state index is 6.36. The van der Waals surface area contributed by atoms with Gasteiger partial charge in [0.05, 0.1) is 0 Å². The van der Waals surface area contributed by atoms with Crippen LogP contribution < -0.4 is 0 Å². The highest BCUT2D eigenvalue weighted by Crippen LogP contribution is 2.39. The van der Waals surface area contributed by atoms with Gasteiger partial charge in [0.2, 0.25) is 5.28 Å². The molecular weight excluding hydrogens is 426 g/mol. The van der Waals surface area contributed by atoms with E-state index in [0.29, 0.717) is 11.6 Å². The second-order valence-corrected chi connectivity index (χ2v) is 8.19. The average molecular weight is 444 g/mol. The van der Waals surface area contributed by atoms with E-state index < -0.39 is 0 Å². The molecule has 156 valence electrons. The Hall–Kier alpha value is -4.08. The van der Waals surface area contributed by atoms with E-state index in [1.54, 1.807) is 0 Å². The number of rotatable bonds is 3. The monoisotopic (exact) mass is 443 g/mol. The van der Waals surface area contributed by atoms with Gasteiger partial charge in [0.1, 0.15) is 0 Å². The minimum absolute atomic E-state index is 0.178. The molecule has 0 saturated carbocycles. The van der Waals surface area contributed by atoms with Gasteiger partial charge in [-0.05, 0) is 50.3 Å². The highest BCUT2D eigenvalue weighted by Gasteiger charge is 2.16. The molecule has 0 bridgehead atoms. The standard InChI is InChI=1S/C29H18ClN3/c30-29-32-27(19-10-2-1-3-11-19)31-28(33-29)25-17-9-8-16-24(25)26-18-20-12-4-5-13-21(20)22-14-6-7-15-23(22)26/h1-18H. The molecule has 6 rings (SSSR count). The van der Waals surface area contributed by atoms with Crippen molar-refractivity contribution >= 4 is 33.1 Å².